The molecule has 1 aromatic rings. The Morgan fingerprint density at radius 1 is 1.31 bits per heavy atom. The summed E-state index contributed by atoms with van der Waals surface area (Å²) in [6.45, 7) is 4.21. The van der Waals surface area contributed by atoms with Crippen LogP contribution < -0.4 is 5.32 Å². The monoisotopic (exact) mass is 217 g/mol. The maximum Gasteiger partial charge on any atom is 0.132 e. The zero-order valence-corrected chi connectivity index (χ0v) is 9.92. The van der Waals surface area contributed by atoms with Crippen LogP contribution in [0.3, 0.4) is 0 Å². The summed E-state index contributed by atoms with van der Waals surface area (Å²) in [4.78, 5) is 9.56. The van der Waals surface area contributed by atoms with E-state index in [0.29, 0.717) is 5.92 Å². The van der Waals surface area contributed by atoms with Crippen LogP contribution in [0.5, 0.6) is 0 Å². The lowest BCUT2D eigenvalue weighted by Gasteiger charge is -2.27. The van der Waals surface area contributed by atoms with Crippen molar-refractivity contribution in [1.82, 2.24) is 15.3 Å². The molecule has 0 spiro atoms. The fraction of sp³-hybridized carbons (Fsp3) is 0.692. The van der Waals surface area contributed by atoms with Crippen LogP contribution in [0, 0.1) is 0 Å². The van der Waals surface area contributed by atoms with Crippen molar-refractivity contribution in [3.63, 3.8) is 0 Å². The van der Waals surface area contributed by atoms with Crippen LogP contribution in [0.4, 0.5) is 0 Å². The predicted octanol–water partition coefficient (Wildman–Crippen LogP) is 1.95. The molecule has 1 aromatic heterocycles. The molecule has 0 amide bonds. The second-order valence-electron chi connectivity index (χ2n) is 4.86. The standard InChI is InChI=1S/C13H19N3/c1-2-11-10-6-7-14-8-12(10)16-13(15-11)9-4-3-5-9/h9,14H,2-8H2,1H3. The molecule has 3 nitrogen and oxygen atoms in total. The van der Waals surface area contributed by atoms with Gasteiger partial charge in [-0.05, 0) is 37.8 Å². The quantitative estimate of drug-likeness (QED) is 0.823. The van der Waals surface area contributed by atoms with E-state index in [9.17, 15) is 0 Å². The number of fused-ring (bicyclic) bond motifs is 1. The zero-order chi connectivity index (χ0) is 11.0. The van der Waals surface area contributed by atoms with E-state index in [1.54, 1.807) is 0 Å². The number of aryl methyl sites for hydroxylation is 1. The largest absolute Gasteiger partial charge is 0.311 e. The lowest BCUT2D eigenvalue weighted by atomic mass is 9.84. The van der Waals surface area contributed by atoms with E-state index >= 15 is 0 Å². The number of hydrogen-bond donors (Lipinski definition) is 1. The third-order valence-corrected chi connectivity index (χ3v) is 3.85. The van der Waals surface area contributed by atoms with Crippen molar-refractivity contribution in [1.29, 1.82) is 0 Å². The molecule has 1 aliphatic carbocycles. The van der Waals surface area contributed by atoms with Gasteiger partial charge in [-0.15, -0.1) is 0 Å². The van der Waals surface area contributed by atoms with E-state index in [0.717, 1.165) is 31.8 Å². The molecule has 0 atom stereocenters. The molecule has 0 unspecified atom stereocenters. The van der Waals surface area contributed by atoms with E-state index < -0.39 is 0 Å². The maximum absolute atomic E-state index is 4.79. The van der Waals surface area contributed by atoms with E-state index in [1.807, 2.05) is 0 Å². The summed E-state index contributed by atoms with van der Waals surface area (Å²) in [5.41, 5.74) is 3.98. The molecule has 1 N–H and O–H groups in total. The van der Waals surface area contributed by atoms with E-state index in [1.165, 1.54) is 36.2 Å². The third kappa shape index (κ3) is 1.63. The Kier molecular flexibility index (Phi) is 2.64. The molecule has 16 heavy (non-hydrogen) atoms. The SMILES string of the molecule is CCc1nc(C2CCC2)nc2c1CCNC2. The Bertz CT molecular complexity index is 379. The molecule has 0 bridgehead atoms. The normalized spacial score (nSPS) is 20.3. The number of nitrogens with zero attached hydrogens (tertiary/aromatic N) is 2. The van der Waals surface area contributed by atoms with Gasteiger partial charge in [0.15, 0.2) is 0 Å². The minimum atomic E-state index is 0.650. The van der Waals surface area contributed by atoms with Gasteiger partial charge in [-0.25, -0.2) is 9.97 Å². The van der Waals surface area contributed by atoms with Gasteiger partial charge in [0.25, 0.3) is 0 Å². The molecule has 0 aromatic carbocycles. The molecule has 1 aliphatic heterocycles. The highest BCUT2D eigenvalue weighted by Gasteiger charge is 2.25. The maximum atomic E-state index is 4.79. The van der Waals surface area contributed by atoms with Crippen molar-refractivity contribution in [3.8, 4) is 0 Å². The smallest absolute Gasteiger partial charge is 0.132 e. The van der Waals surface area contributed by atoms with Gasteiger partial charge in [-0.1, -0.05) is 13.3 Å². The van der Waals surface area contributed by atoms with Gasteiger partial charge in [0, 0.05) is 18.2 Å². The number of nitrogens with one attached hydrogen (secondary N) is 1. The highest BCUT2D eigenvalue weighted by molar-refractivity contribution is 5.29. The molecule has 86 valence electrons. The summed E-state index contributed by atoms with van der Waals surface area (Å²) in [7, 11) is 0. The highest BCUT2D eigenvalue weighted by Crippen LogP contribution is 2.35. The molecule has 2 aliphatic rings. The van der Waals surface area contributed by atoms with Crippen LogP contribution >= 0.6 is 0 Å². The van der Waals surface area contributed by atoms with Crippen molar-refractivity contribution in [2.45, 2.75) is 51.5 Å². The zero-order valence-electron chi connectivity index (χ0n) is 9.92. The molecule has 2 heterocycles. The van der Waals surface area contributed by atoms with Crippen molar-refractivity contribution >= 4 is 0 Å². The Morgan fingerprint density at radius 2 is 2.19 bits per heavy atom. The Balaban J connectivity index is 2.01. The Hall–Kier alpha value is -0.960. The van der Waals surface area contributed by atoms with Crippen LogP contribution in [0.25, 0.3) is 0 Å². The number of aromatic nitrogens is 2. The predicted molar refractivity (Wildman–Crippen MR) is 63.4 cm³/mol. The fourth-order valence-electron chi connectivity index (χ4n) is 2.60. The minimum Gasteiger partial charge on any atom is -0.311 e. The number of hydrogen-bond acceptors (Lipinski definition) is 3. The fourth-order valence-corrected chi connectivity index (χ4v) is 2.60. The molecular formula is C13H19N3. The summed E-state index contributed by atoms with van der Waals surface area (Å²) in [5.74, 6) is 1.77. The first-order chi connectivity index (χ1) is 7.88. The topological polar surface area (TPSA) is 37.8 Å². The first kappa shape index (κ1) is 10.2. The van der Waals surface area contributed by atoms with E-state index in [4.69, 9.17) is 9.97 Å². The van der Waals surface area contributed by atoms with Gasteiger partial charge in [0.1, 0.15) is 5.82 Å². The number of rotatable bonds is 2. The first-order valence-corrected chi connectivity index (χ1v) is 6.47. The minimum absolute atomic E-state index is 0.650. The molecule has 0 radical (unpaired) electrons. The molecule has 3 heteroatoms. The van der Waals surface area contributed by atoms with E-state index in [-0.39, 0.29) is 0 Å². The van der Waals surface area contributed by atoms with Gasteiger partial charge >= 0.3 is 0 Å². The van der Waals surface area contributed by atoms with Crippen LogP contribution in [0.2, 0.25) is 0 Å². The second kappa shape index (κ2) is 4.13. The van der Waals surface area contributed by atoms with Crippen molar-refractivity contribution in [2.24, 2.45) is 0 Å². The lowest BCUT2D eigenvalue weighted by molar-refractivity contribution is 0.397. The summed E-state index contributed by atoms with van der Waals surface area (Å²) < 4.78 is 0. The van der Waals surface area contributed by atoms with Crippen LogP contribution in [-0.4, -0.2) is 16.5 Å². The summed E-state index contributed by atoms with van der Waals surface area (Å²) >= 11 is 0. The average molecular weight is 217 g/mol. The summed E-state index contributed by atoms with van der Waals surface area (Å²) in [6, 6.07) is 0. The van der Waals surface area contributed by atoms with Crippen molar-refractivity contribution in [2.75, 3.05) is 6.54 Å². The van der Waals surface area contributed by atoms with Gasteiger partial charge in [-0.2, -0.15) is 0 Å². The van der Waals surface area contributed by atoms with Gasteiger partial charge in [-0.3, -0.25) is 0 Å². The van der Waals surface area contributed by atoms with Gasteiger partial charge < -0.3 is 5.32 Å². The first-order valence-electron chi connectivity index (χ1n) is 6.47. The van der Waals surface area contributed by atoms with Crippen molar-refractivity contribution < 1.29 is 0 Å². The third-order valence-electron chi connectivity index (χ3n) is 3.85. The van der Waals surface area contributed by atoms with Crippen molar-refractivity contribution in [3.05, 3.63) is 22.8 Å². The molecule has 0 saturated heterocycles. The lowest BCUT2D eigenvalue weighted by Crippen LogP contribution is -2.28. The van der Waals surface area contributed by atoms with Crippen LogP contribution in [0.15, 0.2) is 0 Å². The van der Waals surface area contributed by atoms with Crippen LogP contribution in [-0.2, 0) is 19.4 Å². The Labute approximate surface area is 96.7 Å². The van der Waals surface area contributed by atoms with Gasteiger partial charge in [0.05, 0.1) is 5.69 Å². The molecular weight excluding hydrogens is 198 g/mol. The molecule has 1 saturated carbocycles. The molecule has 1 fully saturated rings. The highest BCUT2D eigenvalue weighted by atomic mass is 15.0. The van der Waals surface area contributed by atoms with Gasteiger partial charge in [0.2, 0.25) is 0 Å². The van der Waals surface area contributed by atoms with Crippen LogP contribution in [0.1, 0.15) is 54.9 Å². The summed E-state index contributed by atoms with van der Waals surface area (Å²) in [6.07, 6.45) is 6.07. The van der Waals surface area contributed by atoms with E-state index in [2.05, 4.69) is 12.2 Å². The average Bonchev–Trinajstić information content (AvgIpc) is 2.25. The molecule has 3 rings (SSSR count). The summed E-state index contributed by atoms with van der Waals surface area (Å²) in [5, 5.41) is 3.40. The second-order valence-corrected chi connectivity index (χ2v) is 4.86. The Morgan fingerprint density at radius 3 is 2.88 bits per heavy atom.